The lowest BCUT2D eigenvalue weighted by atomic mass is 10.2. The van der Waals surface area contributed by atoms with Crippen LogP contribution >= 0.6 is 11.3 Å². The Balaban J connectivity index is 2.31. The number of thiophene rings is 1. The summed E-state index contributed by atoms with van der Waals surface area (Å²) in [4.78, 5) is 10.6. The molecule has 0 saturated heterocycles. The standard InChI is InChI=1S/C13H7F5N2OS/c14-12(15,13(16,17)18)10-3-2-9(22-10)7-20-6-8(5-19)1-4-11(20)21/h1-4,6H,7H2. The molecule has 0 unspecified atom stereocenters. The van der Waals surface area contributed by atoms with E-state index in [4.69, 9.17) is 5.26 Å². The fraction of sp³-hybridized carbons (Fsp3) is 0.231. The van der Waals surface area contributed by atoms with E-state index in [0.717, 1.165) is 16.7 Å². The van der Waals surface area contributed by atoms with Gasteiger partial charge in [0.1, 0.15) is 6.07 Å². The van der Waals surface area contributed by atoms with Gasteiger partial charge in [-0.3, -0.25) is 4.79 Å². The maximum absolute atomic E-state index is 13.2. The molecule has 2 rings (SSSR count). The van der Waals surface area contributed by atoms with Crippen molar-refractivity contribution in [3.8, 4) is 6.07 Å². The number of aromatic nitrogens is 1. The number of halogens is 5. The fourth-order valence-electron chi connectivity index (χ4n) is 1.66. The lowest BCUT2D eigenvalue weighted by Crippen LogP contribution is -2.32. The Bertz CT molecular complexity index is 785. The first-order chi connectivity index (χ1) is 10.1. The fourth-order valence-corrected chi connectivity index (χ4v) is 2.66. The van der Waals surface area contributed by atoms with Crippen LogP contribution < -0.4 is 5.56 Å². The van der Waals surface area contributed by atoms with Crippen molar-refractivity contribution in [3.63, 3.8) is 0 Å². The first kappa shape index (κ1) is 16.2. The lowest BCUT2D eigenvalue weighted by molar-refractivity contribution is -0.287. The predicted molar refractivity (Wildman–Crippen MR) is 68.8 cm³/mol. The van der Waals surface area contributed by atoms with Gasteiger partial charge in [-0.05, 0) is 18.2 Å². The van der Waals surface area contributed by atoms with Gasteiger partial charge in [-0.1, -0.05) is 0 Å². The molecule has 0 aromatic carbocycles. The van der Waals surface area contributed by atoms with Crippen LogP contribution in [0.4, 0.5) is 22.0 Å². The molecule has 0 N–H and O–H groups in total. The van der Waals surface area contributed by atoms with E-state index in [2.05, 4.69) is 0 Å². The maximum atomic E-state index is 13.2. The Morgan fingerprint density at radius 1 is 1.14 bits per heavy atom. The molecule has 0 saturated carbocycles. The zero-order valence-corrected chi connectivity index (χ0v) is 11.5. The zero-order valence-electron chi connectivity index (χ0n) is 10.7. The Kier molecular flexibility index (Phi) is 4.06. The normalized spacial score (nSPS) is 12.2. The van der Waals surface area contributed by atoms with Crippen molar-refractivity contribution in [2.75, 3.05) is 0 Å². The Morgan fingerprint density at radius 3 is 2.41 bits per heavy atom. The molecule has 0 aliphatic rings. The molecule has 0 atom stereocenters. The van der Waals surface area contributed by atoms with E-state index >= 15 is 0 Å². The highest BCUT2D eigenvalue weighted by atomic mass is 32.1. The molecular weight excluding hydrogens is 327 g/mol. The highest BCUT2D eigenvalue weighted by Crippen LogP contribution is 2.46. The third kappa shape index (κ3) is 3.01. The largest absolute Gasteiger partial charge is 0.458 e. The zero-order chi connectivity index (χ0) is 16.5. The van der Waals surface area contributed by atoms with Crippen molar-refractivity contribution in [2.24, 2.45) is 0 Å². The van der Waals surface area contributed by atoms with E-state index in [1.807, 2.05) is 0 Å². The van der Waals surface area contributed by atoms with Gasteiger partial charge in [-0.25, -0.2) is 0 Å². The monoisotopic (exact) mass is 334 g/mol. The van der Waals surface area contributed by atoms with Gasteiger partial charge in [0.25, 0.3) is 5.56 Å². The average Bonchev–Trinajstić information content (AvgIpc) is 2.89. The van der Waals surface area contributed by atoms with Crippen LogP contribution in [0.2, 0.25) is 0 Å². The van der Waals surface area contributed by atoms with Gasteiger partial charge < -0.3 is 4.57 Å². The second kappa shape index (κ2) is 5.53. The van der Waals surface area contributed by atoms with Gasteiger partial charge in [0.05, 0.1) is 17.0 Å². The van der Waals surface area contributed by atoms with Crippen molar-refractivity contribution in [2.45, 2.75) is 18.6 Å². The van der Waals surface area contributed by atoms with Crippen molar-refractivity contribution in [1.82, 2.24) is 4.57 Å². The molecule has 0 aliphatic carbocycles. The number of nitrogens with zero attached hydrogens (tertiary/aromatic N) is 2. The Hall–Kier alpha value is -2.21. The van der Waals surface area contributed by atoms with Crippen molar-refractivity contribution >= 4 is 11.3 Å². The molecule has 0 radical (unpaired) electrons. The molecule has 2 aromatic heterocycles. The van der Waals surface area contributed by atoms with E-state index in [1.165, 1.54) is 12.3 Å². The van der Waals surface area contributed by atoms with Crippen LogP contribution in [0.15, 0.2) is 35.3 Å². The Morgan fingerprint density at radius 2 is 1.82 bits per heavy atom. The van der Waals surface area contributed by atoms with E-state index in [1.54, 1.807) is 6.07 Å². The Labute approximate surface area is 124 Å². The summed E-state index contributed by atoms with van der Waals surface area (Å²) in [6, 6.07) is 6.00. The molecule has 0 spiro atoms. The van der Waals surface area contributed by atoms with E-state index < -0.39 is 22.5 Å². The summed E-state index contributed by atoms with van der Waals surface area (Å²) in [5.74, 6) is -4.94. The third-order valence-corrected chi connectivity index (χ3v) is 3.91. The summed E-state index contributed by atoms with van der Waals surface area (Å²) in [6.07, 6.45) is -4.46. The predicted octanol–water partition coefficient (Wildman–Crippen LogP) is 3.48. The summed E-state index contributed by atoms with van der Waals surface area (Å²) in [7, 11) is 0. The minimum absolute atomic E-state index is 0.149. The van der Waals surface area contributed by atoms with Crippen LogP contribution in [0.5, 0.6) is 0 Å². The molecular formula is C13H7F5N2OS. The molecule has 9 heteroatoms. The average molecular weight is 334 g/mol. The van der Waals surface area contributed by atoms with Crippen molar-refractivity contribution in [3.05, 3.63) is 56.1 Å². The number of pyridine rings is 1. The molecule has 0 bridgehead atoms. The van der Waals surface area contributed by atoms with Gasteiger partial charge in [0, 0.05) is 17.1 Å². The van der Waals surface area contributed by atoms with Gasteiger partial charge in [-0.15, -0.1) is 11.3 Å². The minimum Gasteiger partial charge on any atom is -0.309 e. The van der Waals surface area contributed by atoms with Crippen LogP contribution in [0.25, 0.3) is 0 Å². The number of hydrogen-bond donors (Lipinski definition) is 0. The second-order valence-electron chi connectivity index (χ2n) is 4.33. The summed E-state index contributed by atoms with van der Waals surface area (Å²) in [6.45, 7) is -0.188. The summed E-state index contributed by atoms with van der Waals surface area (Å²) in [5, 5.41) is 8.73. The van der Waals surface area contributed by atoms with E-state index in [9.17, 15) is 26.7 Å². The van der Waals surface area contributed by atoms with Crippen molar-refractivity contribution in [1.29, 1.82) is 5.26 Å². The van der Waals surface area contributed by atoms with Crippen molar-refractivity contribution < 1.29 is 22.0 Å². The number of rotatable bonds is 3. The van der Waals surface area contributed by atoms with Gasteiger partial charge >= 0.3 is 12.1 Å². The third-order valence-electron chi connectivity index (χ3n) is 2.77. The SMILES string of the molecule is N#Cc1ccc(=O)n(Cc2ccc(C(F)(F)C(F)(F)F)s2)c1. The van der Waals surface area contributed by atoms with Gasteiger partial charge in [0.15, 0.2) is 0 Å². The molecule has 2 aromatic rings. The summed E-state index contributed by atoms with van der Waals surface area (Å²) >= 11 is 0.271. The van der Waals surface area contributed by atoms with Crippen LogP contribution in [-0.2, 0) is 12.5 Å². The van der Waals surface area contributed by atoms with Crippen LogP contribution in [0.3, 0.4) is 0 Å². The molecule has 2 heterocycles. The summed E-state index contributed by atoms with van der Waals surface area (Å²) < 4.78 is 64.3. The molecule has 22 heavy (non-hydrogen) atoms. The van der Waals surface area contributed by atoms with Gasteiger partial charge in [0.2, 0.25) is 0 Å². The highest BCUT2D eigenvalue weighted by Gasteiger charge is 2.59. The van der Waals surface area contributed by atoms with E-state index in [0.29, 0.717) is 6.07 Å². The molecule has 0 aliphatic heterocycles. The first-order valence-electron chi connectivity index (χ1n) is 5.79. The van der Waals surface area contributed by atoms with Crippen LogP contribution in [0, 0.1) is 11.3 Å². The molecule has 0 amide bonds. The smallest absolute Gasteiger partial charge is 0.309 e. The van der Waals surface area contributed by atoms with Crippen LogP contribution in [-0.4, -0.2) is 10.7 Å². The maximum Gasteiger partial charge on any atom is 0.458 e. The van der Waals surface area contributed by atoms with E-state index in [-0.39, 0.29) is 28.3 Å². The number of nitriles is 1. The minimum atomic E-state index is -5.67. The van der Waals surface area contributed by atoms with Gasteiger partial charge in [-0.2, -0.15) is 27.2 Å². The molecule has 3 nitrogen and oxygen atoms in total. The lowest BCUT2D eigenvalue weighted by Gasteiger charge is -2.17. The number of hydrogen-bond acceptors (Lipinski definition) is 3. The second-order valence-corrected chi connectivity index (χ2v) is 5.50. The van der Waals surface area contributed by atoms with Crippen LogP contribution in [0.1, 0.15) is 15.3 Å². The quantitative estimate of drug-likeness (QED) is 0.807. The highest BCUT2D eigenvalue weighted by molar-refractivity contribution is 7.12. The molecule has 0 fully saturated rings. The number of alkyl halides is 5. The molecule has 116 valence electrons. The first-order valence-corrected chi connectivity index (χ1v) is 6.61. The summed E-state index contributed by atoms with van der Waals surface area (Å²) in [5.41, 5.74) is -0.312. The topological polar surface area (TPSA) is 45.8 Å².